The molecule has 1 saturated heterocycles. The Kier molecular flexibility index (Phi) is 8.14. The second kappa shape index (κ2) is 9.34. The summed E-state index contributed by atoms with van der Waals surface area (Å²) < 4.78 is 0.931. The molecular weight excluding hydrogens is 342 g/mol. The van der Waals surface area contributed by atoms with Crippen LogP contribution in [0.5, 0.6) is 0 Å². The predicted octanol–water partition coefficient (Wildman–Crippen LogP) is 1.90. The molecule has 20 heavy (non-hydrogen) atoms. The van der Waals surface area contributed by atoms with Gasteiger partial charge in [0.2, 0.25) is 0 Å². The molecule has 0 aromatic heterocycles. The minimum absolute atomic E-state index is 0. The molecular formula is C14H21BrClN3O. The number of amides is 1. The lowest BCUT2D eigenvalue weighted by Gasteiger charge is -2.27. The van der Waals surface area contributed by atoms with Crippen molar-refractivity contribution in [3.05, 3.63) is 34.3 Å². The Morgan fingerprint density at radius 1 is 1.35 bits per heavy atom. The summed E-state index contributed by atoms with van der Waals surface area (Å²) in [7, 11) is 0. The monoisotopic (exact) mass is 361 g/mol. The highest BCUT2D eigenvalue weighted by atomic mass is 79.9. The highest BCUT2D eigenvalue weighted by Gasteiger charge is 2.09. The van der Waals surface area contributed by atoms with Crippen LogP contribution in [0.25, 0.3) is 0 Å². The molecule has 0 aliphatic carbocycles. The number of halogens is 2. The summed E-state index contributed by atoms with van der Waals surface area (Å²) in [6.45, 7) is 6.16. The van der Waals surface area contributed by atoms with Crippen LogP contribution in [0.3, 0.4) is 0 Å². The minimum Gasteiger partial charge on any atom is -0.352 e. The van der Waals surface area contributed by atoms with E-state index in [4.69, 9.17) is 0 Å². The molecule has 1 amide bonds. The van der Waals surface area contributed by atoms with Crippen LogP contribution < -0.4 is 10.6 Å². The van der Waals surface area contributed by atoms with Crippen molar-refractivity contribution < 1.29 is 4.79 Å². The van der Waals surface area contributed by atoms with Gasteiger partial charge in [-0.25, -0.2) is 0 Å². The predicted molar refractivity (Wildman–Crippen MR) is 87.6 cm³/mol. The van der Waals surface area contributed by atoms with E-state index in [1.165, 1.54) is 0 Å². The van der Waals surface area contributed by atoms with Crippen LogP contribution in [0.2, 0.25) is 0 Å². The summed E-state index contributed by atoms with van der Waals surface area (Å²) in [6.07, 6.45) is 1.000. The summed E-state index contributed by atoms with van der Waals surface area (Å²) in [5, 5.41) is 6.30. The van der Waals surface area contributed by atoms with E-state index in [1.54, 1.807) is 0 Å². The first-order chi connectivity index (χ1) is 9.25. The fraction of sp³-hybridized carbons (Fsp3) is 0.500. The van der Waals surface area contributed by atoms with Crippen molar-refractivity contribution >= 4 is 34.2 Å². The van der Waals surface area contributed by atoms with Crippen LogP contribution in [0.15, 0.2) is 28.7 Å². The van der Waals surface area contributed by atoms with Crippen molar-refractivity contribution in [3.8, 4) is 0 Å². The van der Waals surface area contributed by atoms with E-state index in [0.717, 1.165) is 50.2 Å². The van der Waals surface area contributed by atoms with Crippen molar-refractivity contribution in [1.29, 1.82) is 0 Å². The Hall–Kier alpha value is -0.620. The van der Waals surface area contributed by atoms with Crippen LogP contribution in [-0.2, 0) is 0 Å². The minimum atomic E-state index is 0. The molecule has 0 bridgehead atoms. The van der Waals surface area contributed by atoms with Gasteiger partial charge in [0.15, 0.2) is 0 Å². The maximum Gasteiger partial charge on any atom is 0.251 e. The number of piperazine rings is 1. The lowest BCUT2D eigenvalue weighted by atomic mass is 10.2. The lowest BCUT2D eigenvalue weighted by molar-refractivity contribution is 0.0951. The average Bonchev–Trinajstić information content (AvgIpc) is 2.44. The quantitative estimate of drug-likeness (QED) is 0.786. The Bertz CT molecular complexity index is 425. The standard InChI is InChI=1S/C14H20BrN3O.ClH/c15-13-4-1-3-12(11-13)14(19)17-5-2-8-18-9-6-16-7-10-18;/h1,3-4,11,16H,2,5-10H2,(H,17,19);1H. The average molecular weight is 363 g/mol. The molecule has 0 saturated carbocycles. The molecule has 0 atom stereocenters. The molecule has 1 fully saturated rings. The summed E-state index contributed by atoms with van der Waals surface area (Å²) in [4.78, 5) is 14.3. The van der Waals surface area contributed by atoms with Crippen molar-refractivity contribution in [1.82, 2.24) is 15.5 Å². The fourth-order valence-electron chi connectivity index (χ4n) is 2.17. The maximum absolute atomic E-state index is 11.9. The van der Waals surface area contributed by atoms with E-state index in [9.17, 15) is 4.79 Å². The maximum atomic E-state index is 11.9. The fourth-order valence-corrected chi connectivity index (χ4v) is 2.57. The smallest absolute Gasteiger partial charge is 0.251 e. The van der Waals surface area contributed by atoms with Crippen molar-refractivity contribution in [2.75, 3.05) is 39.3 Å². The van der Waals surface area contributed by atoms with Crippen molar-refractivity contribution in [2.24, 2.45) is 0 Å². The molecule has 0 spiro atoms. The number of rotatable bonds is 5. The van der Waals surface area contributed by atoms with Gasteiger partial charge in [0.05, 0.1) is 0 Å². The normalized spacial score (nSPS) is 15.4. The second-order valence-electron chi connectivity index (χ2n) is 4.71. The van der Waals surface area contributed by atoms with Crippen LogP contribution in [0, 0.1) is 0 Å². The molecule has 1 aliphatic rings. The molecule has 0 unspecified atom stereocenters. The van der Waals surface area contributed by atoms with Gasteiger partial charge in [-0.05, 0) is 31.2 Å². The Morgan fingerprint density at radius 2 is 2.10 bits per heavy atom. The third kappa shape index (κ3) is 5.79. The van der Waals surface area contributed by atoms with E-state index in [0.29, 0.717) is 5.56 Å². The number of hydrogen-bond donors (Lipinski definition) is 2. The Labute approximate surface area is 134 Å². The zero-order valence-electron chi connectivity index (χ0n) is 11.4. The summed E-state index contributed by atoms with van der Waals surface area (Å²) >= 11 is 3.37. The first-order valence-electron chi connectivity index (χ1n) is 6.72. The molecule has 1 aromatic rings. The SMILES string of the molecule is Cl.O=C(NCCCN1CCNCC1)c1cccc(Br)c1. The van der Waals surface area contributed by atoms with E-state index < -0.39 is 0 Å². The van der Waals surface area contributed by atoms with Gasteiger partial charge in [-0.1, -0.05) is 22.0 Å². The number of carbonyl (C=O) groups is 1. The van der Waals surface area contributed by atoms with Crippen LogP contribution in [0.1, 0.15) is 16.8 Å². The molecule has 2 N–H and O–H groups in total. The molecule has 1 aliphatic heterocycles. The molecule has 6 heteroatoms. The first kappa shape index (κ1) is 17.4. The zero-order chi connectivity index (χ0) is 13.5. The molecule has 1 aromatic carbocycles. The highest BCUT2D eigenvalue weighted by Crippen LogP contribution is 2.11. The van der Waals surface area contributed by atoms with Gasteiger partial charge in [0.1, 0.15) is 0 Å². The number of benzene rings is 1. The largest absolute Gasteiger partial charge is 0.352 e. The number of nitrogens with one attached hydrogen (secondary N) is 2. The van der Waals surface area contributed by atoms with Gasteiger partial charge in [0.25, 0.3) is 5.91 Å². The van der Waals surface area contributed by atoms with Crippen LogP contribution in [-0.4, -0.2) is 50.1 Å². The van der Waals surface area contributed by atoms with Gasteiger partial charge in [0, 0.05) is 42.8 Å². The van der Waals surface area contributed by atoms with E-state index >= 15 is 0 Å². The van der Waals surface area contributed by atoms with E-state index in [-0.39, 0.29) is 18.3 Å². The molecule has 1 heterocycles. The second-order valence-corrected chi connectivity index (χ2v) is 5.63. The number of hydrogen-bond acceptors (Lipinski definition) is 3. The number of carbonyl (C=O) groups excluding carboxylic acids is 1. The van der Waals surface area contributed by atoms with Gasteiger partial charge in [-0.15, -0.1) is 12.4 Å². The molecule has 2 rings (SSSR count). The van der Waals surface area contributed by atoms with Gasteiger partial charge >= 0.3 is 0 Å². The zero-order valence-corrected chi connectivity index (χ0v) is 13.8. The molecule has 112 valence electrons. The topological polar surface area (TPSA) is 44.4 Å². The van der Waals surface area contributed by atoms with Gasteiger partial charge in [-0.3, -0.25) is 4.79 Å². The van der Waals surface area contributed by atoms with Crippen molar-refractivity contribution in [3.63, 3.8) is 0 Å². The Balaban J connectivity index is 0.00000200. The van der Waals surface area contributed by atoms with Gasteiger partial charge in [-0.2, -0.15) is 0 Å². The van der Waals surface area contributed by atoms with Crippen LogP contribution in [0.4, 0.5) is 0 Å². The Morgan fingerprint density at radius 3 is 2.80 bits per heavy atom. The summed E-state index contributed by atoms with van der Waals surface area (Å²) in [6, 6.07) is 7.46. The van der Waals surface area contributed by atoms with Gasteiger partial charge < -0.3 is 15.5 Å². The lowest BCUT2D eigenvalue weighted by Crippen LogP contribution is -2.44. The highest BCUT2D eigenvalue weighted by molar-refractivity contribution is 9.10. The molecule has 4 nitrogen and oxygen atoms in total. The number of nitrogens with zero attached hydrogens (tertiary/aromatic N) is 1. The van der Waals surface area contributed by atoms with E-state index in [2.05, 4.69) is 31.5 Å². The van der Waals surface area contributed by atoms with Crippen LogP contribution >= 0.6 is 28.3 Å². The molecule has 0 radical (unpaired) electrons. The van der Waals surface area contributed by atoms with Crippen molar-refractivity contribution in [2.45, 2.75) is 6.42 Å². The summed E-state index contributed by atoms with van der Waals surface area (Å²) in [5.74, 6) is 0.00149. The third-order valence-electron chi connectivity index (χ3n) is 3.23. The first-order valence-corrected chi connectivity index (χ1v) is 7.52. The third-order valence-corrected chi connectivity index (χ3v) is 3.73. The van der Waals surface area contributed by atoms with E-state index in [1.807, 2.05) is 24.3 Å². The summed E-state index contributed by atoms with van der Waals surface area (Å²) in [5.41, 5.74) is 0.705.